The third-order valence-corrected chi connectivity index (χ3v) is 5.43. The van der Waals surface area contributed by atoms with E-state index < -0.39 is 22.9 Å². The molecule has 1 aliphatic heterocycles. The molecule has 1 heterocycles. The van der Waals surface area contributed by atoms with Gasteiger partial charge in [0.05, 0.1) is 50.6 Å². The Hall–Kier alpha value is -4.04. The van der Waals surface area contributed by atoms with Gasteiger partial charge in [-0.25, -0.2) is 0 Å². The van der Waals surface area contributed by atoms with Crippen molar-refractivity contribution in [2.24, 2.45) is 10.8 Å². The highest BCUT2D eigenvalue weighted by Crippen LogP contribution is 2.61. The molecule has 0 aliphatic carbocycles. The highest BCUT2D eigenvalue weighted by Gasteiger charge is 2.70. The van der Waals surface area contributed by atoms with Gasteiger partial charge >= 0.3 is 0 Å². The first-order chi connectivity index (χ1) is 14.1. The maximum Gasteiger partial charge on any atom is 0.196 e. The minimum atomic E-state index is -1.99. The smallest absolute Gasteiger partial charge is 0.196 e. The lowest BCUT2D eigenvalue weighted by molar-refractivity contribution is 0.302. The van der Waals surface area contributed by atoms with Crippen LogP contribution < -0.4 is 14.8 Å². The molecule has 1 saturated heterocycles. The Bertz CT molecular complexity index is 984. The van der Waals surface area contributed by atoms with Crippen LogP contribution in [0.3, 0.4) is 0 Å². The lowest BCUT2D eigenvalue weighted by Crippen LogP contribution is -2.39. The van der Waals surface area contributed by atoms with E-state index in [4.69, 9.17) is 9.47 Å². The van der Waals surface area contributed by atoms with Crippen molar-refractivity contribution >= 4 is 0 Å². The molecule has 1 N–H and O–H groups in total. The van der Waals surface area contributed by atoms with Crippen molar-refractivity contribution in [2.75, 3.05) is 14.2 Å². The molecule has 29 heavy (non-hydrogen) atoms. The quantitative estimate of drug-likeness (QED) is 0.859. The average Bonchev–Trinajstić information content (AvgIpc) is 3.09. The molecule has 7 nitrogen and oxygen atoms in total. The Balaban J connectivity index is 2.34. The Morgan fingerprint density at radius 3 is 1.34 bits per heavy atom. The van der Waals surface area contributed by atoms with Crippen LogP contribution in [0.2, 0.25) is 0 Å². The molecule has 1 fully saturated rings. The van der Waals surface area contributed by atoms with Crippen molar-refractivity contribution in [3.05, 3.63) is 59.7 Å². The number of methoxy groups -OCH3 is 2. The number of nitrogens with zero attached hydrogens (tertiary/aromatic N) is 4. The van der Waals surface area contributed by atoms with E-state index in [1.165, 1.54) is 14.2 Å². The lowest BCUT2D eigenvalue weighted by atomic mass is 9.61. The van der Waals surface area contributed by atoms with Crippen LogP contribution in [0.1, 0.15) is 23.2 Å². The number of nitrogens with one attached hydrogen (secondary N) is 1. The highest BCUT2D eigenvalue weighted by molar-refractivity contribution is 5.53. The minimum absolute atomic E-state index is 0.449. The first kappa shape index (κ1) is 19.7. The van der Waals surface area contributed by atoms with Crippen LogP contribution in [0.15, 0.2) is 48.5 Å². The Kier molecular flexibility index (Phi) is 5.12. The Morgan fingerprint density at radius 1 is 0.690 bits per heavy atom. The summed E-state index contributed by atoms with van der Waals surface area (Å²) in [4.78, 5) is 0. The molecular formula is C22H17N5O2. The molecule has 2 aromatic carbocycles. The van der Waals surface area contributed by atoms with Gasteiger partial charge in [-0.15, -0.1) is 0 Å². The number of para-hydroxylation sites is 2. The van der Waals surface area contributed by atoms with E-state index in [9.17, 15) is 21.0 Å². The fourth-order valence-electron chi connectivity index (χ4n) is 3.99. The van der Waals surface area contributed by atoms with Crippen molar-refractivity contribution in [3.63, 3.8) is 0 Å². The van der Waals surface area contributed by atoms with E-state index in [0.717, 1.165) is 0 Å². The third kappa shape index (κ3) is 2.58. The summed E-state index contributed by atoms with van der Waals surface area (Å²) in [6.45, 7) is 0. The fourth-order valence-corrected chi connectivity index (χ4v) is 3.99. The van der Waals surface area contributed by atoms with Gasteiger partial charge in [0, 0.05) is 11.1 Å². The van der Waals surface area contributed by atoms with Crippen molar-refractivity contribution in [2.45, 2.75) is 12.1 Å². The minimum Gasteiger partial charge on any atom is -0.496 e. The molecule has 2 atom stereocenters. The van der Waals surface area contributed by atoms with E-state index in [0.29, 0.717) is 22.6 Å². The van der Waals surface area contributed by atoms with Gasteiger partial charge in [0.25, 0.3) is 0 Å². The normalized spacial score (nSPS) is 21.0. The van der Waals surface area contributed by atoms with E-state index >= 15 is 0 Å². The first-order valence-corrected chi connectivity index (χ1v) is 8.76. The standard InChI is InChI=1S/C22H17N5O2/c1-28-17-9-5-3-7-15(17)19-21(11-23,12-24)22(13-25,14-26)20(27-19)16-8-4-6-10-18(16)29-2/h3-10,19-20,27H,1-2H3. The van der Waals surface area contributed by atoms with Crippen molar-refractivity contribution in [1.29, 1.82) is 21.0 Å². The number of ether oxygens (including phenoxy) is 2. The predicted octanol–water partition coefficient (Wildman–Crippen LogP) is 3.16. The number of rotatable bonds is 4. The van der Waals surface area contributed by atoms with Gasteiger partial charge in [0.1, 0.15) is 11.5 Å². The molecule has 0 spiro atoms. The van der Waals surface area contributed by atoms with Gasteiger partial charge in [-0.1, -0.05) is 36.4 Å². The van der Waals surface area contributed by atoms with Crippen molar-refractivity contribution in [1.82, 2.24) is 5.32 Å². The number of nitriles is 4. The monoisotopic (exact) mass is 383 g/mol. The second kappa shape index (κ2) is 7.53. The van der Waals surface area contributed by atoms with Gasteiger partial charge in [-0.2, -0.15) is 21.0 Å². The molecule has 2 aromatic rings. The van der Waals surface area contributed by atoms with Crippen LogP contribution in [-0.2, 0) is 0 Å². The number of hydrogen-bond donors (Lipinski definition) is 1. The molecule has 0 aromatic heterocycles. The van der Waals surface area contributed by atoms with Crippen LogP contribution in [0.25, 0.3) is 0 Å². The first-order valence-electron chi connectivity index (χ1n) is 8.76. The third-order valence-electron chi connectivity index (χ3n) is 5.43. The van der Waals surface area contributed by atoms with Gasteiger partial charge < -0.3 is 9.47 Å². The summed E-state index contributed by atoms with van der Waals surface area (Å²) in [6.07, 6.45) is 0. The maximum absolute atomic E-state index is 10.1. The predicted molar refractivity (Wildman–Crippen MR) is 102 cm³/mol. The Labute approximate surface area is 168 Å². The van der Waals surface area contributed by atoms with E-state index in [-0.39, 0.29) is 0 Å². The second-order valence-corrected chi connectivity index (χ2v) is 6.58. The molecular weight excluding hydrogens is 366 g/mol. The van der Waals surface area contributed by atoms with E-state index in [1.54, 1.807) is 48.5 Å². The molecule has 0 saturated carbocycles. The zero-order chi connectivity index (χ0) is 21.1. The molecule has 2 unspecified atom stereocenters. The maximum atomic E-state index is 10.1. The van der Waals surface area contributed by atoms with E-state index in [2.05, 4.69) is 5.32 Å². The van der Waals surface area contributed by atoms with Gasteiger partial charge in [-0.3, -0.25) is 5.32 Å². The number of hydrogen-bond acceptors (Lipinski definition) is 7. The summed E-state index contributed by atoms with van der Waals surface area (Å²) >= 11 is 0. The molecule has 0 radical (unpaired) electrons. The van der Waals surface area contributed by atoms with Crippen LogP contribution >= 0.6 is 0 Å². The highest BCUT2D eigenvalue weighted by atomic mass is 16.5. The van der Waals surface area contributed by atoms with Gasteiger partial charge in [-0.05, 0) is 12.1 Å². The SMILES string of the molecule is COc1ccccc1C1NC(c2ccccc2OC)C(C#N)(C#N)C1(C#N)C#N. The lowest BCUT2D eigenvalue weighted by Gasteiger charge is -2.30. The molecule has 7 heteroatoms. The second-order valence-electron chi connectivity index (χ2n) is 6.58. The van der Waals surface area contributed by atoms with Gasteiger partial charge in [0.2, 0.25) is 0 Å². The zero-order valence-corrected chi connectivity index (χ0v) is 15.9. The van der Waals surface area contributed by atoms with Crippen LogP contribution in [0.5, 0.6) is 11.5 Å². The number of benzene rings is 2. The summed E-state index contributed by atoms with van der Waals surface area (Å²) in [6, 6.07) is 19.9. The van der Waals surface area contributed by atoms with Crippen LogP contribution in [-0.4, -0.2) is 14.2 Å². The summed E-state index contributed by atoms with van der Waals surface area (Å²) in [5.41, 5.74) is -2.94. The Morgan fingerprint density at radius 2 is 1.03 bits per heavy atom. The largest absolute Gasteiger partial charge is 0.496 e. The van der Waals surface area contributed by atoms with Crippen molar-refractivity contribution < 1.29 is 9.47 Å². The molecule has 142 valence electrons. The van der Waals surface area contributed by atoms with Crippen molar-refractivity contribution in [3.8, 4) is 35.8 Å². The molecule has 1 aliphatic rings. The van der Waals surface area contributed by atoms with E-state index in [1.807, 2.05) is 24.3 Å². The summed E-state index contributed by atoms with van der Waals surface area (Å²) in [5.74, 6) is 0.899. The van der Waals surface area contributed by atoms with Crippen LogP contribution in [0, 0.1) is 56.2 Å². The summed E-state index contributed by atoms with van der Waals surface area (Å²) in [5, 5.41) is 43.7. The van der Waals surface area contributed by atoms with Gasteiger partial charge in [0.15, 0.2) is 10.8 Å². The molecule has 0 bridgehead atoms. The average molecular weight is 383 g/mol. The molecule has 3 rings (SSSR count). The fraction of sp³-hybridized carbons (Fsp3) is 0.273. The topological polar surface area (TPSA) is 126 Å². The summed E-state index contributed by atoms with van der Waals surface area (Å²) in [7, 11) is 2.96. The van der Waals surface area contributed by atoms with Crippen LogP contribution in [0.4, 0.5) is 0 Å². The zero-order valence-electron chi connectivity index (χ0n) is 15.9. The molecule has 0 amide bonds. The summed E-state index contributed by atoms with van der Waals surface area (Å²) < 4.78 is 10.8.